The lowest BCUT2D eigenvalue weighted by atomic mass is 10.0. The summed E-state index contributed by atoms with van der Waals surface area (Å²) in [5.74, 6) is -0.0240. The average molecular weight is 676 g/mol. The minimum absolute atomic E-state index is 0.0240. The van der Waals surface area contributed by atoms with Gasteiger partial charge in [-0.05, 0) is 110 Å². The third-order valence-electron chi connectivity index (χ3n) is 8.42. The number of ether oxygens (including phenoxy) is 1. The molecule has 0 saturated heterocycles. The largest absolute Gasteiger partial charge is 0.462 e. The molecule has 0 saturated carbocycles. The molecule has 0 heterocycles. The Hall–Kier alpha value is -2.15. The first kappa shape index (κ1) is 45.9. The number of hydrogen-bond acceptors (Lipinski definition) is 7. The van der Waals surface area contributed by atoms with Crippen LogP contribution in [0.3, 0.4) is 0 Å². The summed E-state index contributed by atoms with van der Waals surface area (Å²) in [6.07, 6.45) is 42.1. The fraction of sp³-hybridized carbons (Fsp3) is 0.829. The highest BCUT2D eigenvalue weighted by Crippen LogP contribution is 2.18. The SMILES string of the molecule is CCCC/C=C\CON=CCCCCCCCCC(CCCCCCCCC=NOC/C=C\CCCCCC)OC(=O)CCCN(C)C. The lowest BCUT2D eigenvalue weighted by Crippen LogP contribution is -2.20. The Morgan fingerprint density at radius 2 is 1.02 bits per heavy atom. The highest BCUT2D eigenvalue weighted by Gasteiger charge is 2.14. The van der Waals surface area contributed by atoms with Crippen LogP contribution in [-0.4, -0.2) is 63.3 Å². The van der Waals surface area contributed by atoms with Crippen LogP contribution in [0, 0.1) is 0 Å². The van der Waals surface area contributed by atoms with E-state index in [1.165, 1.54) is 89.9 Å². The van der Waals surface area contributed by atoms with Gasteiger partial charge in [0.2, 0.25) is 0 Å². The van der Waals surface area contributed by atoms with Crippen LogP contribution in [0.1, 0.15) is 181 Å². The molecule has 0 aliphatic heterocycles. The molecule has 48 heavy (non-hydrogen) atoms. The van der Waals surface area contributed by atoms with Gasteiger partial charge < -0.3 is 19.3 Å². The smallest absolute Gasteiger partial charge is 0.306 e. The van der Waals surface area contributed by atoms with Crippen molar-refractivity contribution < 1.29 is 19.2 Å². The van der Waals surface area contributed by atoms with Gasteiger partial charge in [0.1, 0.15) is 19.3 Å². The second-order valence-corrected chi connectivity index (χ2v) is 13.5. The molecule has 0 aromatic carbocycles. The molecule has 0 amide bonds. The Labute approximate surface area is 297 Å². The van der Waals surface area contributed by atoms with E-state index in [0.29, 0.717) is 19.6 Å². The average Bonchev–Trinajstić information content (AvgIpc) is 3.07. The van der Waals surface area contributed by atoms with Crippen LogP contribution in [0.15, 0.2) is 34.6 Å². The summed E-state index contributed by atoms with van der Waals surface area (Å²) >= 11 is 0. The van der Waals surface area contributed by atoms with Gasteiger partial charge in [0.15, 0.2) is 0 Å². The molecule has 1 unspecified atom stereocenters. The van der Waals surface area contributed by atoms with E-state index in [2.05, 4.69) is 53.4 Å². The summed E-state index contributed by atoms with van der Waals surface area (Å²) in [6.45, 7) is 6.51. The van der Waals surface area contributed by atoms with Crippen molar-refractivity contribution in [2.24, 2.45) is 10.3 Å². The molecule has 0 bridgehead atoms. The zero-order valence-electron chi connectivity index (χ0n) is 32.0. The van der Waals surface area contributed by atoms with Gasteiger partial charge in [-0.15, -0.1) is 0 Å². The van der Waals surface area contributed by atoms with Crippen molar-refractivity contribution in [3.8, 4) is 0 Å². The number of carbonyl (C=O) groups excluding carboxylic acids is 1. The highest BCUT2D eigenvalue weighted by molar-refractivity contribution is 5.69. The van der Waals surface area contributed by atoms with Crippen LogP contribution in [0.25, 0.3) is 0 Å². The van der Waals surface area contributed by atoms with Gasteiger partial charge in [0.25, 0.3) is 0 Å². The third kappa shape index (κ3) is 38.3. The van der Waals surface area contributed by atoms with Gasteiger partial charge in [-0.1, -0.05) is 120 Å². The van der Waals surface area contributed by atoms with Crippen molar-refractivity contribution in [3.05, 3.63) is 24.3 Å². The number of nitrogens with zero attached hydrogens (tertiary/aromatic N) is 3. The molecule has 1 atom stereocenters. The van der Waals surface area contributed by atoms with Crippen LogP contribution in [-0.2, 0) is 19.2 Å². The zero-order chi connectivity index (χ0) is 35.0. The van der Waals surface area contributed by atoms with E-state index in [9.17, 15) is 4.79 Å². The van der Waals surface area contributed by atoms with Gasteiger partial charge in [0.05, 0.1) is 0 Å². The number of allylic oxidation sites excluding steroid dienone is 2. The number of esters is 1. The molecule has 0 radical (unpaired) electrons. The first-order chi connectivity index (χ1) is 23.6. The van der Waals surface area contributed by atoms with Crippen molar-refractivity contribution in [1.82, 2.24) is 4.90 Å². The van der Waals surface area contributed by atoms with Crippen molar-refractivity contribution in [3.63, 3.8) is 0 Å². The summed E-state index contributed by atoms with van der Waals surface area (Å²) in [6, 6.07) is 0. The molecule has 0 aromatic rings. The lowest BCUT2D eigenvalue weighted by molar-refractivity contribution is -0.150. The first-order valence-electron chi connectivity index (χ1n) is 20.0. The van der Waals surface area contributed by atoms with Crippen LogP contribution in [0.4, 0.5) is 0 Å². The van der Waals surface area contributed by atoms with Crippen LogP contribution >= 0.6 is 0 Å². The summed E-state index contributed by atoms with van der Waals surface area (Å²) in [7, 11) is 4.09. The van der Waals surface area contributed by atoms with Crippen molar-refractivity contribution >= 4 is 18.4 Å². The van der Waals surface area contributed by atoms with Crippen molar-refractivity contribution in [2.45, 2.75) is 187 Å². The molecule has 7 nitrogen and oxygen atoms in total. The van der Waals surface area contributed by atoms with Gasteiger partial charge >= 0.3 is 5.97 Å². The normalized spacial score (nSPS) is 12.8. The molecule has 0 aromatic heterocycles. The topological polar surface area (TPSA) is 72.7 Å². The fourth-order valence-corrected chi connectivity index (χ4v) is 5.44. The Bertz CT molecular complexity index is 782. The van der Waals surface area contributed by atoms with Crippen LogP contribution < -0.4 is 0 Å². The Morgan fingerprint density at radius 1 is 0.562 bits per heavy atom. The van der Waals surface area contributed by atoms with E-state index in [1.54, 1.807) is 0 Å². The minimum atomic E-state index is -0.0240. The minimum Gasteiger partial charge on any atom is -0.462 e. The van der Waals surface area contributed by atoms with E-state index in [0.717, 1.165) is 77.2 Å². The number of oxime groups is 2. The van der Waals surface area contributed by atoms with E-state index < -0.39 is 0 Å². The lowest BCUT2D eigenvalue weighted by Gasteiger charge is -2.18. The van der Waals surface area contributed by atoms with E-state index in [-0.39, 0.29) is 12.1 Å². The second kappa shape index (κ2) is 39.3. The molecule has 280 valence electrons. The second-order valence-electron chi connectivity index (χ2n) is 13.5. The number of carbonyl (C=O) groups is 1. The summed E-state index contributed by atoms with van der Waals surface area (Å²) < 4.78 is 5.97. The molecular weight excluding hydrogens is 598 g/mol. The number of unbranched alkanes of at least 4 members (excludes halogenated alkanes) is 18. The maximum Gasteiger partial charge on any atom is 0.306 e. The molecule has 0 rings (SSSR count). The Morgan fingerprint density at radius 3 is 1.54 bits per heavy atom. The van der Waals surface area contributed by atoms with Gasteiger partial charge in [-0.2, -0.15) is 0 Å². The molecule has 0 N–H and O–H groups in total. The van der Waals surface area contributed by atoms with Gasteiger partial charge in [0, 0.05) is 18.9 Å². The molecule has 7 heteroatoms. The number of rotatable bonds is 37. The van der Waals surface area contributed by atoms with E-state index in [4.69, 9.17) is 14.4 Å². The molecule has 0 aliphatic rings. The maximum absolute atomic E-state index is 12.5. The highest BCUT2D eigenvalue weighted by atomic mass is 16.6. The van der Waals surface area contributed by atoms with Gasteiger partial charge in [-0.3, -0.25) is 4.79 Å². The quantitative estimate of drug-likeness (QED) is 0.0215. The first-order valence-corrected chi connectivity index (χ1v) is 20.0. The predicted molar refractivity (Wildman–Crippen MR) is 207 cm³/mol. The van der Waals surface area contributed by atoms with Crippen LogP contribution in [0.5, 0.6) is 0 Å². The molecule has 0 spiro atoms. The summed E-state index contributed by atoms with van der Waals surface area (Å²) in [5.41, 5.74) is 0. The maximum atomic E-state index is 12.5. The Balaban J connectivity index is 3.98. The Kier molecular flexibility index (Phi) is 37.5. The standard InChI is InChI=1S/C41H77N3O4/c1-5-7-9-11-18-24-30-39-47-43-36-28-22-17-13-15-20-26-33-40(48-41(45)34-31-37-44(3)4)32-25-19-14-12-16-21-27-35-42-46-38-29-23-10-8-6-2/h23-24,29-30,35-36,40H,5-22,25-28,31-34,37-39H2,1-4H3/b29-23-,30-24-,42-35?,43-36?. The predicted octanol–water partition coefficient (Wildman–Crippen LogP) is 11.8. The van der Waals surface area contributed by atoms with Crippen LogP contribution in [0.2, 0.25) is 0 Å². The van der Waals surface area contributed by atoms with E-state index in [1.807, 2.05) is 26.5 Å². The number of hydrogen-bond donors (Lipinski definition) is 0. The summed E-state index contributed by atoms with van der Waals surface area (Å²) in [4.78, 5) is 25.2. The monoisotopic (exact) mass is 676 g/mol. The van der Waals surface area contributed by atoms with Crippen molar-refractivity contribution in [1.29, 1.82) is 0 Å². The molecular formula is C41H77N3O4. The van der Waals surface area contributed by atoms with Crippen molar-refractivity contribution in [2.75, 3.05) is 33.9 Å². The molecule has 0 fully saturated rings. The fourth-order valence-electron chi connectivity index (χ4n) is 5.44. The summed E-state index contributed by atoms with van der Waals surface area (Å²) in [5, 5.41) is 8.13. The van der Waals surface area contributed by atoms with Gasteiger partial charge in [-0.25, -0.2) is 0 Å². The van der Waals surface area contributed by atoms with E-state index >= 15 is 0 Å². The molecule has 0 aliphatic carbocycles. The zero-order valence-corrected chi connectivity index (χ0v) is 32.0. The third-order valence-corrected chi connectivity index (χ3v) is 8.42.